The van der Waals surface area contributed by atoms with Gasteiger partial charge in [0.1, 0.15) is 35.1 Å². The zero-order valence-corrected chi connectivity index (χ0v) is 29.8. The lowest BCUT2D eigenvalue weighted by atomic mass is 9.94. The van der Waals surface area contributed by atoms with E-state index in [0.29, 0.717) is 60.2 Å². The van der Waals surface area contributed by atoms with Crippen molar-refractivity contribution in [3.63, 3.8) is 0 Å². The summed E-state index contributed by atoms with van der Waals surface area (Å²) in [6, 6.07) is 8.10. The average Bonchev–Trinajstić information content (AvgIpc) is 3.75. The van der Waals surface area contributed by atoms with Gasteiger partial charge in [-0.3, -0.25) is 14.8 Å². The molecule has 2 aromatic heterocycles. The predicted octanol–water partition coefficient (Wildman–Crippen LogP) is 8.04. The number of piperazine rings is 1. The molecule has 52 heavy (non-hydrogen) atoms. The minimum absolute atomic E-state index is 0.0130. The van der Waals surface area contributed by atoms with E-state index in [0.717, 1.165) is 24.6 Å². The van der Waals surface area contributed by atoms with Gasteiger partial charge >= 0.3 is 12.1 Å². The van der Waals surface area contributed by atoms with Gasteiger partial charge in [0.2, 0.25) is 0 Å². The fraction of sp³-hybridized carbons (Fsp3) is 0.487. The molecule has 13 heteroatoms. The van der Waals surface area contributed by atoms with Crippen molar-refractivity contribution in [3.8, 4) is 17.3 Å². The number of aromatic nitrogens is 3. The molecule has 4 fully saturated rings. The van der Waals surface area contributed by atoms with Gasteiger partial charge in [-0.25, -0.2) is 13.6 Å². The third kappa shape index (κ3) is 5.90. The number of carbonyl (C=O) groups is 1. The summed E-state index contributed by atoms with van der Waals surface area (Å²) in [5.74, 6) is -0.659. The van der Waals surface area contributed by atoms with Crippen molar-refractivity contribution in [2.45, 2.75) is 89.4 Å². The first-order chi connectivity index (χ1) is 24.9. The SMILES string of the molecule is CCc1c(F)ccc2cccc(-c3ncc4c(N5CC6CCC(C5)N6C(=O)OC(C)(C)C)nc(OCC56CCCN5CC(=C(F)F)C6)nc4c3F)c12. The molecule has 0 spiro atoms. The molecule has 3 unspecified atom stereocenters. The molecule has 4 aromatic rings. The molecule has 0 saturated carbocycles. The van der Waals surface area contributed by atoms with Crippen LogP contribution in [0.1, 0.15) is 65.4 Å². The Morgan fingerprint density at radius 3 is 2.54 bits per heavy atom. The maximum Gasteiger partial charge on any atom is 0.410 e. The molecule has 0 aliphatic carbocycles. The summed E-state index contributed by atoms with van der Waals surface area (Å²) in [6.07, 6.45) is 3.22. The highest BCUT2D eigenvalue weighted by atomic mass is 19.3. The number of rotatable bonds is 6. The first-order valence-electron chi connectivity index (χ1n) is 18.1. The number of fused-ring (bicyclic) bond motifs is 5. The topological polar surface area (TPSA) is 83.9 Å². The van der Waals surface area contributed by atoms with Gasteiger partial charge < -0.3 is 14.4 Å². The van der Waals surface area contributed by atoms with E-state index in [1.54, 1.807) is 24.4 Å². The molecular weight excluding hydrogens is 676 g/mol. The van der Waals surface area contributed by atoms with E-state index in [1.807, 2.05) is 48.5 Å². The van der Waals surface area contributed by atoms with Crippen LogP contribution >= 0.6 is 0 Å². The second-order valence-electron chi connectivity index (χ2n) is 15.6. The molecule has 1 amide bonds. The average molecular weight is 719 g/mol. The minimum atomic E-state index is -1.65. The van der Waals surface area contributed by atoms with Gasteiger partial charge in [0.15, 0.2) is 5.82 Å². The highest BCUT2D eigenvalue weighted by molar-refractivity contribution is 6.01. The van der Waals surface area contributed by atoms with Gasteiger partial charge in [-0.05, 0) is 88.2 Å². The molecule has 4 aliphatic rings. The Hall–Kier alpha value is -4.52. The zero-order chi connectivity index (χ0) is 36.5. The molecule has 4 aliphatic heterocycles. The Morgan fingerprint density at radius 2 is 1.83 bits per heavy atom. The lowest BCUT2D eigenvalue weighted by Crippen LogP contribution is -2.57. The number of hydrogen-bond acceptors (Lipinski definition) is 8. The number of anilines is 1. The number of benzene rings is 2. The van der Waals surface area contributed by atoms with E-state index >= 15 is 8.78 Å². The second-order valence-corrected chi connectivity index (χ2v) is 15.6. The smallest absolute Gasteiger partial charge is 0.410 e. The first kappa shape index (κ1) is 34.6. The molecule has 274 valence electrons. The van der Waals surface area contributed by atoms with E-state index in [1.165, 1.54) is 6.07 Å². The van der Waals surface area contributed by atoms with Crippen LogP contribution in [0.15, 0.2) is 48.2 Å². The molecule has 6 heterocycles. The maximum atomic E-state index is 17.0. The van der Waals surface area contributed by atoms with Gasteiger partial charge in [0, 0.05) is 37.0 Å². The third-order valence-corrected chi connectivity index (χ3v) is 11.1. The number of hydrogen-bond donors (Lipinski definition) is 0. The number of halogens is 4. The van der Waals surface area contributed by atoms with Crippen LogP contribution in [0.4, 0.5) is 28.2 Å². The Kier molecular flexibility index (Phi) is 8.54. The van der Waals surface area contributed by atoms with Gasteiger partial charge in [0.25, 0.3) is 6.08 Å². The van der Waals surface area contributed by atoms with E-state index in [4.69, 9.17) is 14.5 Å². The van der Waals surface area contributed by atoms with Crippen LogP contribution in [0, 0.1) is 11.6 Å². The Labute approximate surface area is 299 Å². The molecule has 2 aromatic carbocycles. The second kappa shape index (κ2) is 12.9. The van der Waals surface area contributed by atoms with Gasteiger partial charge in [-0.15, -0.1) is 0 Å². The van der Waals surface area contributed by atoms with Crippen LogP contribution in [0.5, 0.6) is 6.01 Å². The van der Waals surface area contributed by atoms with Crippen LogP contribution in [-0.4, -0.2) is 86.9 Å². The standard InChI is InChI=1S/C39H42F4N6O3/c1-5-26-29(40)13-10-22-8-6-9-27(30(22)26)32-31(41)33-28(17-44-32)35(47-19-24-11-12-25(20-47)49(24)37(50)52-38(2,3)4)46-36(45-33)51-21-39-14-7-15-48(39)18-23(16-39)34(42)43/h6,8-10,13,17,24-25H,5,7,11-12,14-16,18-21H2,1-4H3. The van der Waals surface area contributed by atoms with E-state index in [9.17, 15) is 13.6 Å². The fourth-order valence-electron chi connectivity index (χ4n) is 8.84. The number of nitrogens with zero attached hydrogens (tertiary/aromatic N) is 6. The van der Waals surface area contributed by atoms with E-state index in [-0.39, 0.29) is 66.4 Å². The summed E-state index contributed by atoms with van der Waals surface area (Å²) in [6.45, 7) is 9.16. The van der Waals surface area contributed by atoms with Crippen LogP contribution < -0.4 is 9.64 Å². The minimum Gasteiger partial charge on any atom is -0.461 e. The zero-order valence-electron chi connectivity index (χ0n) is 29.8. The van der Waals surface area contributed by atoms with Gasteiger partial charge in [-0.1, -0.05) is 31.2 Å². The summed E-state index contributed by atoms with van der Waals surface area (Å²) < 4.78 is 71.5. The normalized spacial score (nSPS) is 23.2. The summed E-state index contributed by atoms with van der Waals surface area (Å²) in [4.78, 5) is 33.2. The molecule has 0 N–H and O–H groups in total. The molecule has 0 radical (unpaired) electrons. The molecule has 9 nitrogen and oxygen atoms in total. The van der Waals surface area contributed by atoms with Crippen molar-refractivity contribution >= 4 is 33.6 Å². The van der Waals surface area contributed by atoms with Crippen LogP contribution in [0.2, 0.25) is 0 Å². The lowest BCUT2D eigenvalue weighted by molar-refractivity contribution is 0.0122. The van der Waals surface area contributed by atoms with Crippen molar-refractivity contribution in [1.82, 2.24) is 24.8 Å². The summed E-state index contributed by atoms with van der Waals surface area (Å²) in [5, 5.41) is 1.71. The highest BCUT2D eigenvalue weighted by Gasteiger charge is 2.49. The number of carbonyl (C=O) groups excluding carboxylic acids is 1. The molecule has 2 bridgehead atoms. The molecule has 8 rings (SSSR count). The maximum absolute atomic E-state index is 17.0. The predicted molar refractivity (Wildman–Crippen MR) is 190 cm³/mol. The highest BCUT2D eigenvalue weighted by Crippen LogP contribution is 2.44. The van der Waals surface area contributed by atoms with Crippen molar-refractivity contribution in [2.75, 3.05) is 37.7 Å². The summed E-state index contributed by atoms with van der Waals surface area (Å²) >= 11 is 0. The number of ether oxygens (including phenoxy) is 2. The monoisotopic (exact) mass is 718 g/mol. The van der Waals surface area contributed by atoms with Crippen molar-refractivity contribution in [2.24, 2.45) is 0 Å². The fourth-order valence-corrected chi connectivity index (χ4v) is 8.84. The number of aryl methyl sites for hydroxylation is 1. The lowest BCUT2D eigenvalue weighted by Gasteiger charge is -2.42. The molecule has 4 saturated heterocycles. The Bertz CT molecular complexity index is 2100. The van der Waals surface area contributed by atoms with Crippen LogP contribution in [-0.2, 0) is 11.2 Å². The summed E-state index contributed by atoms with van der Waals surface area (Å²) in [7, 11) is 0. The van der Waals surface area contributed by atoms with E-state index in [2.05, 4.69) is 9.97 Å². The molecular formula is C39H42F4N6O3. The third-order valence-electron chi connectivity index (χ3n) is 11.1. The van der Waals surface area contributed by atoms with Gasteiger partial charge in [-0.2, -0.15) is 18.7 Å². The molecule has 3 atom stereocenters. The van der Waals surface area contributed by atoms with Crippen LogP contribution in [0.3, 0.4) is 0 Å². The van der Waals surface area contributed by atoms with Gasteiger partial charge in [0.05, 0.1) is 23.0 Å². The number of pyridine rings is 1. The van der Waals surface area contributed by atoms with Crippen LogP contribution in [0.25, 0.3) is 32.9 Å². The summed E-state index contributed by atoms with van der Waals surface area (Å²) in [5.41, 5.74) is -0.233. The quantitative estimate of drug-likeness (QED) is 0.185. The van der Waals surface area contributed by atoms with Crippen molar-refractivity contribution < 1.29 is 31.8 Å². The Morgan fingerprint density at radius 1 is 1.06 bits per heavy atom. The van der Waals surface area contributed by atoms with Crippen molar-refractivity contribution in [1.29, 1.82) is 0 Å². The number of amides is 1. The Balaban J connectivity index is 1.21. The van der Waals surface area contributed by atoms with E-state index < -0.39 is 23.0 Å². The van der Waals surface area contributed by atoms with Crippen molar-refractivity contribution in [3.05, 3.63) is 65.4 Å². The first-order valence-corrected chi connectivity index (χ1v) is 18.1. The largest absolute Gasteiger partial charge is 0.461 e.